The average Bonchev–Trinajstić information content (AvgIpc) is 3.02. The van der Waals surface area contributed by atoms with Crippen LogP contribution in [-0.4, -0.2) is 21.8 Å². The number of benzene rings is 1. The largest absolute Gasteiger partial charge is 0.416 e. The average molecular weight is 376 g/mol. The first-order valence-electron chi connectivity index (χ1n) is 7.93. The van der Waals surface area contributed by atoms with Crippen LogP contribution in [0.1, 0.15) is 16.7 Å². The molecule has 6 nitrogen and oxygen atoms in total. The van der Waals surface area contributed by atoms with Crippen LogP contribution >= 0.6 is 0 Å². The van der Waals surface area contributed by atoms with Gasteiger partial charge in [0.05, 0.1) is 16.8 Å². The number of anilines is 1. The van der Waals surface area contributed by atoms with Crippen LogP contribution in [-0.2, 0) is 22.3 Å². The molecule has 3 aromatic rings. The van der Waals surface area contributed by atoms with E-state index in [0.29, 0.717) is 11.1 Å². The molecule has 0 unspecified atom stereocenters. The number of halogens is 3. The van der Waals surface area contributed by atoms with E-state index in [0.717, 1.165) is 11.6 Å². The quantitative estimate of drug-likeness (QED) is 0.614. The van der Waals surface area contributed by atoms with Crippen LogP contribution in [0.15, 0.2) is 42.9 Å². The Morgan fingerprint density at radius 1 is 1.19 bits per heavy atom. The molecular weight excluding hydrogens is 361 g/mol. The van der Waals surface area contributed by atoms with Gasteiger partial charge in [0.15, 0.2) is 0 Å². The third kappa shape index (κ3) is 3.91. The Hall–Kier alpha value is -3.36. The summed E-state index contributed by atoms with van der Waals surface area (Å²) in [6.45, 7) is 1.13. The van der Waals surface area contributed by atoms with Crippen LogP contribution in [0.5, 0.6) is 0 Å². The Morgan fingerprint density at radius 3 is 2.70 bits per heavy atom. The molecule has 0 radical (unpaired) electrons. The summed E-state index contributed by atoms with van der Waals surface area (Å²) in [7, 11) is 0. The Morgan fingerprint density at radius 2 is 1.96 bits per heavy atom. The molecule has 0 saturated heterocycles. The maximum absolute atomic E-state index is 12.9. The number of nitrogens with zero attached hydrogens (tertiary/aromatic N) is 1. The molecule has 0 aliphatic carbocycles. The van der Waals surface area contributed by atoms with Crippen molar-refractivity contribution in [2.75, 3.05) is 5.32 Å². The molecule has 9 heteroatoms. The number of pyridine rings is 1. The molecule has 2 heterocycles. The van der Waals surface area contributed by atoms with E-state index in [4.69, 9.17) is 0 Å². The van der Waals surface area contributed by atoms with Crippen LogP contribution in [0, 0.1) is 6.92 Å². The Bertz CT molecular complexity index is 1010. The maximum atomic E-state index is 12.9. The first kappa shape index (κ1) is 18.4. The molecule has 0 aliphatic rings. The monoisotopic (exact) mass is 376 g/mol. The number of carbonyl (C=O) groups excluding carboxylic acids is 2. The standard InChI is InChI=1S/C18H15F3N4O2/c1-10-11(3-2-4-13(10)18(19,20)21)7-24-16(26)17(27)25-15-9-23-14-5-6-22-8-12(14)15/h2-6,8-9,23H,7H2,1H3,(H,24,26)(H,25,27). The zero-order valence-corrected chi connectivity index (χ0v) is 14.1. The highest BCUT2D eigenvalue weighted by molar-refractivity contribution is 6.40. The van der Waals surface area contributed by atoms with Crippen molar-refractivity contribution < 1.29 is 22.8 Å². The normalized spacial score (nSPS) is 11.4. The van der Waals surface area contributed by atoms with Crippen LogP contribution in [0.3, 0.4) is 0 Å². The summed E-state index contributed by atoms with van der Waals surface area (Å²) in [6, 6.07) is 5.41. The maximum Gasteiger partial charge on any atom is 0.416 e. The van der Waals surface area contributed by atoms with Crippen molar-refractivity contribution in [2.24, 2.45) is 0 Å². The fourth-order valence-corrected chi connectivity index (χ4v) is 2.68. The molecule has 0 bridgehead atoms. The number of nitrogens with one attached hydrogen (secondary N) is 3. The second-order valence-corrected chi connectivity index (χ2v) is 5.85. The summed E-state index contributed by atoms with van der Waals surface area (Å²) in [5, 5.41) is 5.42. The molecule has 2 aromatic heterocycles. The molecule has 27 heavy (non-hydrogen) atoms. The summed E-state index contributed by atoms with van der Waals surface area (Å²) in [4.78, 5) is 30.9. The van der Waals surface area contributed by atoms with Gasteiger partial charge >= 0.3 is 18.0 Å². The number of rotatable bonds is 3. The predicted octanol–water partition coefficient (Wildman–Crippen LogP) is 3.15. The van der Waals surface area contributed by atoms with Crippen LogP contribution in [0.25, 0.3) is 10.9 Å². The third-order valence-corrected chi connectivity index (χ3v) is 4.13. The molecule has 0 aliphatic heterocycles. The molecule has 2 amide bonds. The lowest BCUT2D eigenvalue weighted by atomic mass is 10.0. The number of hydrogen-bond donors (Lipinski definition) is 3. The van der Waals surface area contributed by atoms with E-state index in [1.165, 1.54) is 31.5 Å². The molecule has 3 N–H and O–H groups in total. The van der Waals surface area contributed by atoms with Crippen molar-refractivity contribution in [3.63, 3.8) is 0 Å². The fourth-order valence-electron chi connectivity index (χ4n) is 2.68. The van der Waals surface area contributed by atoms with Gasteiger partial charge in [0.25, 0.3) is 0 Å². The van der Waals surface area contributed by atoms with Gasteiger partial charge in [-0.05, 0) is 30.2 Å². The number of aromatic amines is 1. The van der Waals surface area contributed by atoms with Crippen LogP contribution in [0.4, 0.5) is 18.9 Å². The number of fused-ring (bicyclic) bond motifs is 1. The number of hydrogen-bond acceptors (Lipinski definition) is 3. The molecule has 0 atom stereocenters. The summed E-state index contributed by atoms with van der Waals surface area (Å²) in [5.41, 5.74) is 0.634. The Kier molecular flexibility index (Phi) is 4.85. The lowest BCUT2D eigenvalue weighted by molar-refractivity contribution is -0.138. The van der Waals surface area contributed by atoms with E-state index in [1.54, 1.807) is 12.3 Å². The molecule has 0 fully saturated rings. The van der Waals surface area contributed by atoms with Crippen LogP contribution in [0.2, 0.25) is 0 Å². The van der Waals surface area contributed by atoms with Crippen molar-refractivity contribution in [1.82, 2.24) is 15.3 Å². The van der Waals surface area contributed by atoms with Gasteiger partial charge in [-0.3, -0.25) is 14.6 Å². The minimum Gasteiger partial charge on any atom is -0.359 e. The molecule has 0 spiro atoms. The van der Waals surface area contributed by atoms with Gasteiger partial charge < -0.3 is 15.6 Å². The van der Waals surface area contributed by atoms with Crippen molar-refractivity contribution in [1.29, 1.82) is 0 Å². The lowest BCUT2D eigenvalue weighted by Gasteiger charge is -2.14. The van der Waals surface area contributed by atoms with E-state index < -0.39 is 23.6 Å². The van der Waals surface area contributed by atoms with E-state index >= 15 is 0 Å². The highest BCUT2D eigenvalue weighted by Crippen LogP contribution is 2.32. The number of H-pyrrole nitrogens is 1. The van der Waals surface area contributed by atoms with Crippen molar-refractivity contribution in [3.05, 3.63) is 59.5 Å². The highest BCUT2D eigenvalue weighted by atomic mass is 19.4. The van der Waals surface area contributed by atoms with Gasteiger partial charge in [-0.15, -0.1) is 0 Å². The highest BCUT2D eigenvalue weighted by Gasteiger charge is 2.32. The molecular formula is C18H15F3N4O2. The first-order chi connectivity index (χ1) is 12.8. The molecule has 0 saturated carbocycles. The van der Waals surface area contributed by atoms with Gasteiger partial charge in [0.1, 0.15) is 0 Å². The number of alkyl halides is 3. The molecule has 140 valence electrons. The van der Waals surface area contributed by atoms with Gasteiger partial charge in [0.2, 0.25) is 0 Å². The summed E-state index contributed by atoms with van der Waals surface area (Å²) < 4.78 is 38.8. The van der Waals surface area contributed by atoms with Gasteiger partial charge in [-0.1, -0.05) is 12.1 Å². The van der Waals surface area contributed by atoms with E-state index in [-0.39, 0.29) is 17.7 Å². The second kappa shape index (κ2) is 7.10. The Balaban J connectivity index is 1.67. The third-order valence-electron chi connectivity index (χ3n) is 4.13. The van der Waals surface area contributed by atoms with Gasteiger partial charge in [-0.2, -0.15) is 13.2 Å². The topological polar surface area (TPSA) is 86.9 Å². The van der Waals surface area contributed by atoms with E-state index in [9.17, 15) is 22.8 Å². The van der Waals surface area contributed by atoms with Gasteiger partial charge in [-0.25, -0.2) is 0 Å². The number of amides is 2. The summed E-state index contributed by atoms with van der Waals surface area (Å²) in [6.07, 6.45) is 0.152. The summed E-state index contributed by atoms with van der Waals surface area (Å²) >= 11 is 0. The zero-order valence-electron chi connectivity index (χ0n) is 14.1. The number of carbonyl (C=O) groups is 2. The minimum atomic E-state index is -4.48. The van der Waals surface area contributed by atoms with Crippen molar-refractivity contribution in [3.8, 4) is 0 Å². The predicted molar refractivity (Wildman–Crippen MR) is 92.8 cm³/mol. The second-order valence-electron chi connectivity index (χ2n) is 5.85. The molecule has 1 aromatic carbocycles. The van der Waals surface area contributed by atoms with Crippen LogP contribution < -0.4 is 10.6 Å². The SMILES string of the molecule is Cc1c(CNC(=O)C(=O)Nc2c[nH]c3ccncc23)cccc1C(F)(F)F. The Labute approximate surface area is 151 Å². The first-order valence-corrected chi connectivity index (χ1v) is 7.93. The smallest absolute Gasteiger partial charge is 0.359 e. The van der Waals surface area contributed by atoms with Crippen molar-refractivity contribution in [2.45, 2.75) is 19.6 Å². The fraction of sp³-hybridized carbons (Fsp3) is 0.167. The van der Waals surface area contributed by atoms with Crippen molar-refractivity contribution >= 4 is 28.4 Å². The van der Waals surface area contributed by atoms with E-state index in [1.807, 2.05) is 0 Å². The lowest BCUT2D eigenvalue weighted by Crippen LogP contribution is -2.35. The summed E-state index contributed by atoms with van der Waals surface area (Å²) in [5.74, 6) is -1.88. The van der Waals surface area contributed by atoms with Gasteiger partial charge in [0, 0.05) is 30.5 Å². The minimum absolute atomic E-state index is 0.00779. The number of aromatic nitrogens is 2. The zero-order chi connectivity index (χ0) is 19.6. The molecule has 3 rings (SSSR count). The van der Waals surface area contributed by atoms with E-state index in [2.05, 4.69) is 20.6 Å².